The van der Waals surface area contributed by atoms with E-state index < -0.39 is 0 Å². The Kier molecular flexibility index (Phi) is 3.80. The van der Waals surface area contributed by atoms with E-state index in [2.05, 4.69) is 29.6 Å². The van der Waals surface area contributed by atoms with Crippen LogP contribution in [0.1, 0.15) is 18.4 Å². The first kappa shape index (κ1) is 11.4. The zero-order chi connectivity index (χ0) is 11.4. The van der Waals surface area contributed by atoms with Crippen LogP contribution in [0.25, 0.3) is 0 Å². The van der Waals surface area contributed by atoms with Gasteiger partial charge in [-0.3, -0.25) is 5.43 Å². The molecule has 1 aromatic rings. The molecule has 0 amide bonds. The second-order valence-corrected chi connectivity index (χ2v) is 4.44. The highest BCUT2D eigenvalue weighted by Crippen LogP contribution is 2.15. The van der Waals surface area contributed by atoms with Gasteiger partial charge >= 0.3 is 0 Å². The second kappa shape index (κ2) is 5.32. The second-order valence-electron chi connectivity index (χ2n) is 4.44. The fourth-order valence-electron chi connectivity index (χ4n) is 2.21. The molecule has 1 fully saturated rings. The van der Waals surface area contributed by atoms with Crippen LogP contribution in [0.4, 0.5) is 0 Å². The highest BCUT2D eigenvalue weighted by Gasteiger charge is 2.16. The molecule has 0 aliphatic carbocycles. The molecule has 88 valence electrons. The molecule has 1 heterocycles. The van der Waals surface area contributed by atoms with Crippen LogP contribution in [0.2, 0.25) is 0 Å². The Bertz CT molecular complexity index is 323. The summed E-state index contributed by atoms with van der Waals surface area (Å²) >= 11 is 0. The summed E-state index contributed by atoms with van der Waals surface area (Å²) in [5, 5.41) is 2.19. The number of ether oxygens (including phenoxy) is 1. The number of benzene rings is 1. The third kappa shape index (κ3) is 2.97. The molecule has 3 nitrogen and oxygen atoms in total. The van der Waals surface area contributed by atoms with Crippen LogP contribution < -0.4 is 10.2 Å². The van der Waals surface area contributed by atoms with Crippen LogP contribution in [0.15, 0.2) is 24.3 Å². The number of methoxy groups -OCH3 is 1. The molecular weight excluding hydrogens is 200 g/mol. The van der Waals surface area contributed by atoms with Crippen LogP contribution in [0.5, 0.6) is 5.75 Å². The maximum atomic E-state index is 5.15. The van der Waals surface area contributed by atoms with Crippen molar-refractivity contribution in [3.05, 3.63) is 29.8 Å². The molecule has 1 N–H and O–H groups in total. The Morgan fingerprint density at radius 1 is 1.38 bits per heavy atom. The lowest BCUT2D eigenvalue weighted by molar-refractivity contribution is 0.146. The lowest BCUT2D eigenvalue weighted by Gasteiger charge is -2.31. The van der Waals surface area contributed by atoms with Crippen molar-refractivity contribution in [3.63, 3.8) is 0 Å². The van der Waals surface area contributed by atoms with E-state index >= 15 is 0 Å². The molecule has 16 heavy (non-hydrogen) atoms. The summed E-state index contributed by atoms with van der Waals surface area (Å²) in [6.07, 6.45) is 3.63. The Hall–Kier alpha value is -1.06. The zero-order valence-electron chi connectivity index (χ0n) is 10.1. The summed E-state index contributed by atoms with van der Waals surface area (Å²) in [4.78, 5) is 0. The molecule has 1 aliphatic rings. The average molecular weight is 220 g/mol. The van der Waals surface area contributed by atoms with E-state index in [-0.39, 0.29) is 0 Å². The van der Waals surface area contributed by atoms with Crippen molar-refractivity contribution in [1.29, 1.82) is 0 Å². The summed E-state index contributed by atoms with van der Waals surface area (Å²) in [5.74, 6) is 0.928. The molecule has 1 unspecified atom stereocenters. The van der Waals surface area contributed by atoms with E-state index in [0.29, 0.717) is 6.04 Å². The van der Waals surface area contributed by atoms with Gasteiger partial charge in [0.15, 0.2) is 0 Å². The monoisotopic (exact) mass is 220 g/mol. The predicted molar refractivity (Wildman–Crippen MR) is 65.5 cm³/mol. The van der Waals surface area contributed by atoms with Crippen LogP contribution in [-0.4, -0.2) is 31.8 Å². The first-order chi connectivity index (χ1) is 7.78. The first-order valence-corrected chi connectivity index (χ1v) is 5.88. The summed E-state index contributed by atoms with van der Waals surface area (Å²) in [6.45, 7) is 1.15. The molecule has 1 atom stereocenters. The van der Waals surface area contributed by atoms with Crippen molar-refractivity contribution in [3.8, 4) is 5.75 Å². The molecule has 0 saturated carbocycles. The molecule has 2 rings (SSSR count). The Morgan fingerprint density at radius 3 is 2.75 bits per heavy atom. The topological polar surface area (TPSA) is 24.5 Å². The van der Waals surface area contributed by atoms with Gasteiger partial charge in [0.05, 0.1) is 7.11 Å². The van der Waals surface area contributed by atoms with Crippen LogP contribution in [-0.2, 0) is 6.42 Å². The Morgan fingerprint density at radius 2 is 2.12 bits per heavy atom. The fourth-order valence-corrected chi connectivity index (χ4v) is 2.21. The number of rotatable bonds is 3. The van der Waals surface area contributed by atoms with Crippen molar-refractivity contribution in [2.45, 2.75) is 25.3 Å². The first-order valence-electron chi connectivity index (χ1n) is 5.88. The third-order valence-electron chi connectivity index (χ3n) is 3.09. The van der Waals surface area contributed by atoms with E-state index in [1.807, 2.05) is 12.1 Å². The van der Waals surface area contributed by atoms with Gasteiger partial charge in [0, 0.05) is 19.6 Å². The van der Waals surface area contributed by atoms with Crippen molar-refractivity contribution in [1.82, 2.24) is 10.4 Å². The number of hydrazine groups is 1. The van der Waals surface area contributed by atoms with Gasteiger partial charge in [-0.2, -0.15) is 0 Å². The minimum atomic E-state index is 0.576. The van der Waals surface area contributed by atoms with E-state index in [9.17, 15) is 0 Å². The maximum absolute atomic E-state index is 5.15. The van der Waals surface area contributed by atoms with Gasteiger partial charge in [-0.05, 0) is 37.0 Å². The van der Waals surface area contributed by atoms with Gasteiger partial charge in [-0.15, -0.1) is 0 Å². The van der Waals surface area contributed by atoms with Gasteiger partial charge in [0.1, 0.15) is 5.75 Å². The van der Waals surface area contributed by atoms with E-state index in [4.69, 9.17) is 4.74 Å². The molecule has 1 aromatic carbocycles. The highest BCUT2D eigenvalue weighted by atomic mass is 16.5. The molecule has 0 bridgehead atoms. The van der Waals surface area contributed by atoms with Crippen molar-refractivity contribution in [2.75, 3.05) is 20.7 Å². The average Bonchev–Trinajstić information content (AvgIpc) is 2.30. The number of hydrogen-bond donors (Lipinski definition) is 1. The van der Waals surface area contributed by atoms with Crippen LogP contribution in [0, 0.1) is 0 Å². The van der Waals surface area contributed by atoms with Gasteiger partial charge < -0.3 is 4.74 Å². The molecule has 1 saturated heterocycles. The predicted octanol–water partition coefficient (Wildman–Crippen LogP) is 1.84. The standard InChI is InChI=1S/C13H20N2O/c1-15-9-3-4-12(14-15)10-11-5-7-13(16-2)8-6-11/h5-8,12,14H,3-4,9-10H2,1-2H3. The van der Waals surface area contributed by atoms with Crippen molar-refractivity contribution < 1.29 is 4.74 Å². The molecule has 0 aromatic heterocycles. The van der Waals surface area contributed by atoms with E-state index in [1.54, 1.807) is 7.11 Å². The molecule has 0 radical (unpaired) electrons. The van der Waals surface area contributed by atoms with Crippen molar-refractivity contribution in [2.24, 2.45) is 0 Å². The third-order valence-corrected chi connectivity index (χ3v) is 3.09. The fraction of sp³-hybridized carbons (Fsp3) is 0.538. The van der Waals surface area contributed by atoms with Crippen LogP contribution >= 0.6 is 0 Å². The largest absolute Gasteiger partial charge is 0.497 e. The summed E-state index contributed by atoms with van der Waals surface area (Å²) in [7, 11) is 3.81. The lowest BCUT2D eigenvalue weighted by Crippen LogP contribution is -2.47. The number of hydrogen-bond acceptors (Lipinski definition) is 3. The van der Waals surface area contributed by atoms with Crippen LogP contribution in [0.3, 0.4) is 0 Å². The normalized spacial score (nSPS) is 22.0. The summed E-state index contributed by atoms with van der Waals surface area (Å²) < 4.78 is 5.15. The van der Waals surface area contributed by atoms with Crippen molar-refractivity contribution >= 4 is 0 Å². The summed E-state index contributed by atoms with van der Waals surface area (Å²) in [6, 6.07) is 8.93. The molecule has 0 spiro atoms. The molecule has 3 heteroatoms. The van der Waals surface area contributed by atoms with Gasteiger partial charge in [-0.1, -0.05) is 12.1 Å². The highest BCUT2D eigenvalue weighted by molar-refractivity contribution is 5.27. The quantitative estimate of drug-likeness (QED) is 0.841. The number of nitrogens with zero attached hydrogens (tertiary/aromatic N) is 1. The van der Waals surface area contributed by atoms with Gasteiger partial charge in [0.2, 0.25) is 0 Å². The molecule has 1 aliphatic heterocycles. The van der Waals surface area contributed by atoms with E-state index in [1.165, 1.54) is 18.4 Å². The van der Waals surface area contributed by atoms with Gasteiger partial charge in [-0.25, -0.2) is 5.01 Å². The van der Waals surface area contributed by atoms with Gasteiger partial charge in [0.25, 0.3) is 0 Å². The Labute approximate surface area is 97.4 Å². The minimum Gasteiger partial charge on any atom is -0.497 e. The zero-order valence-corrected chi connectivity index (χ0v) is 10.1. The number of nitrogens with one attached hydrogen (secondary N) is 1. The molecular formula is C13H20N2O. The van der Waals surface area contributed by atoms with E-state index in [0.717, 1.165) is 18.7 Å². The maximum Gasteiger partial charge on any atom is 0.118 e. The smallest absolute Gasteiger partial charge is 0.118 e. The lowest BCUT2D eigenvalue weighted by atomic mass is 10.0. The SMILES string of the molecule is COc1ccc(CC2CCCN(C)N2)cc1. The summed E-state index contributed by atoms with van der Waals surface area (Å²) in [5.41, 5.74) is 4.86. The Balaban J connectivity index is 1.92. The minimum absolute atomic E-state index is 0.576.